The van der Waals surface area contributed by atoms with Crippen LogP contribution in [-0.4, -0.2) is 22.2 Å². The van der Waals surface area contributed by atoms with Crippen molar-refractivity contribution in [2.45, 2.75) is 39.5 Å². The fourth-order valence-electron chi connectivity index (χ4n) is 1.15. The van der Waals surface area contributed by atoms with E-state index in [0.29, 0.717) is 12.8 Å². The quantitative estimate of drug-likeness (QED) is 0.619. The molecule has 0 fully saturated rings. The summed E-state index contributed by atoms with van der Waals surface area (Å²) in [6.07, 6.45) is 2.82. The number of unbranched alkanes of at least 4 members (excludes halogenated alkanes) is 1. The molecule has 0 aromatic carbocycles. The summed E-state index contributed by atoms with van der Waals surface area (Å²) in [5.74, 6) is -2.21. The third kappa shape index (κ3) is 5.56. The molecule has 0 aliphatic carbocycles. The molecule has 0 heterocycles. The largest absolute Gasteiger partial charge is 0.481 e. The van der Waals surface area contributed by atoms with Crippen molar-refractivity contribution in [3.05, 3.63) is 0 Å². The minimum absolute atomic E-state index is 0.324. The normalized spacial score (nSPS) is 14.7. The van der Waals surface area contributed by atoms with E-state index in [4.69, 9.17) is 10.2 Å². The van der Waals surface area contributed by atoms with Crippen LogP contribution in [0, 0.1) is 11.8 Å². The van der Waals surface area contributed by atoms with Gasteiger partial charge in [-0.15, -0.1) is 0 Å². The molecule has 0 bridgehead atoms. The van der Waals surface area contributed by atoms with Crippen LogP contribution in [0.25, 0.3) is 0 Å². The number of rotatable bonds is 7. The minimum Gasteiger partial charge on any atom is -0.481 e. The molecule has 0 saturated carbocycles. The second kappa shape index (κ2) is 6.40. The van der Waals surface area contributed by atoms with Crippen molar-refractivity contribution in [3.8, 4) is 0 Å². The highest BCUT2D eigenvalue weighted by molar-refractivity contribution is 5.69. The number of hydrogen-bond donors (Lipinski definition) is 2. The molecule has 14 heavy (non-hydrogen) atoms. The highest BCUT2D eigenvalue weighted by atomic mass is 16.4. The van der Waals surface area contributed by atoms with E-state index < -0.39 is 11.9 Å². The molecule has 0 saturated heterocycles. The predicted molar refractivity (Wildman–Crippen MR) is 52.1 cm³/mol. The summed E-state index contributed by atoms with van der Waals surface area (Å²) in [5.41, 5.74) is 0. The monoisotopic (exact) mass is 202 g/mol. The third-order valence-electron chi connectivity index (χ3n) is 2.37. The number of carboxylic acid groups (broad SMARTS) is 2. The van der Waals surface area contributed by atoms with Crippen molar-refractivity contribution in [1.29, 1.82) is 0 Å². The van der Waals surface area contributed by atoms with Crippen LogP contribution in [0.15, 0.2) is 0 Å². The van der Waals surface area contributed by atoms with Crippen LogP contribution in [0.2, 0.25) is 0 Å². The number of aliphatic carboxylic acids is 2. The first kappa shape index (κ1) is 12.9. The third-order valence-corrected chi connectivity index (χ3v) is 2.37. The van der Waals surface area contributed by atoms with Gasteiger partial charge in [-0.2, -0.15) is 0 Å². The Morgan fingerprint density at radius 3 is 1.43 bits per heavy atom. The lowest BCUT2D eigenvalue weighted by atomic mass is 9.99. The average Bonchev–Trinajstić information content (AvgIpc) is 2.11. The Balaban J connectivity index is 3.47. The molecule has 82 valence electrons. The van der Waals surface area contributed by atoms with Crippen molar-refractivity contribution in [2.24, 2.45) is 11.8 Å². The molecule has 2 atom stereocenters. The highest BCUT2D eigenvalue weighted by Crippen LogP contribution is 2.13. The van der Waals surface area contributed by atoms with Gasteiger partial charge in [0.15, 0.2) is 0 Å². The second-order valence-electron chi connectivity index (χ2n) is 3.76. The van der Waals surface area contributed by atoms with E-state index in [0.717, 1.165) is 12.8 Å². The molecule has 0 aliphatic rings. The molecule has 0 spiro atoms. The van der Waals surface area contributed by atoms with Gasteiger partial charge in [0.2, 0.25) is 0 Å². The minimum atomic E-state index is -0.781. The van der Waals surface area contributed by atoms with Gasteiger partial charge < -0.3 is 10.2 Å². The summed E-state index contributed by atoms with van der Waals surface area (Å²) in [6, 6.07) is 0. The summed E-state index contributed by atoms with van der Waals surface area (Å²) < 4.78 is 0. The van der Waals surface area contributed by atoms with Gasteiger partial charge in [0.05, 0.1) is 11.8 Å². The summed E-state index contributed by atoms with van der Waals surface area (Å²) in [7, 11) is 0. The summed E-state index contributed by atoms with van der Waals surface area (Å²) in [6.45, 7) is 3.34. The molecule has 0 rings (SSSR count). The Morgan fingerprint density at radius 1 is 0.929 bits per heavy atom. The van der Waals surface area contributed by atoms with Crippen LogP contribution in [-0.2, 0) is 9.59 Å². The lowest BCUT2D eigenvalue weighted by Crippen LogP contribution is -2.11. The Kier molecular flexibility index (Phi) is 5.92. The highest BCUT2D eigenvalue weighted by Gasteiger charge is 2.12. The summed E-state index contributed by atoms with van der Waals surface area (Å²) in [5, 5.41) is 17.2. The van der Waals surface area contributed by atoms with Gasteiger partial charge >= 0.3 is 11.9 Å². The van der Waals surface area contributed by atoms with Crippen molar-refractivity contribution < 1.29 is 19.8 Å². The standard InChI is InChI=1S/C10H18O4/c1-7(9(11)12)5-3-4-6-8(2)10(13)14/h7-8H,3-6H2,1-2H3,(H,11,12)(H,13,14)/t7-,8-/m0/s1. The van der Waals surface area contributed by atoms with E-state index in [2.05, 4.69) is 0 Å². The first-order valence-corrected chi connectivity index (χ1v) is 4.90. The summed E-state index contributed by atoms with van der Waals surface area (Å²) >= 11 is 0. The van der Waals surface area contributed by atoms with Gasteiger partial charge in [0, 0.05) is 0 Å². The summed E-state index contributed by atoms with van der Waals surface area (Å²) in [4.78, 5) is 20.9. The SMILES string of the molecule is C[C@@H](CCCC[C@H](C)C(=O)O)C(=O)O. The molecule has 0 amide bonds. The zero-order valence-corrected chi connectivity index (χ0v) is 8.69. The van der Waals surface area contributed by atoms with Crippen molar-refractivity contribution in [2.75, 3.05) is 0 Å². The zero-order chi connectivity index (χ0) is 11.1. The van der Waals surface area contributed by atoms with E-state index >= 15 is 0 Å². The molecule has 0 aromatic rings. The Bertz CT molecular complexity index is 178. The maximum absolute atomic E-state index is 10.4. The molecule has 4 heteroatoms. The lowest BCUT2D eigenvalue weighted by molar-refractivity contribution is -0.142. The maximum Gasteiger partial charge on any atom is 0.306 e. The Hall–Kier alpha value is -1.06. The number of carboxylic acids is 2. The van der Waals surface area contributed by atoms with Crippen molar-refractivity contribution >= 4 is 11.9 Å². The molecule has 2 N–H and O–H groups in total. The fourth-order valence-corrected chi connectivity index (χ4v) is 1.15. The first-order chi connectivity index (χ1) is 6.45. The molecular formula is C10H18O4. The predicted octanol–water partition coefficient (Wildman–Crippen LogP) is 1.99. The van der Waals surface area contributed by atoms with Gasteiger partial charge in [0.25, 0.3) is 0 Å². The van der Waals surface area contributed by atoms with Crippen LogP contribution >= 0.6 is 0 Å². The zero-order valence-electron chi connectivity index (χ0n) is 8.69. The number of carbonyl (C=O) groups is 2. The topological polar surface area (TPSA) is 74.6 Å². The van der Waals surface area contributed by atoms with Gasteiger partial charge in [-0.25, -0.2) is 0 Å². The van der Waals surface area contributed by atoms with E-state index in [1.54, 1.807) is 13.8 Å². The van der Waals surface area contributed by atoms with E-state index in [1.165, 1.54) is 0 Å². The van der Waals surface area contributed by atoms with Crippen LogP contribution in [0.4, 0.5) is 0 Å². The number of hydrogen-bond acceptors (Lipinski definition) is 2. The average molecular weight is 202 g/mol. The van der Waals surface area contributed by atoms with Crippen LogP contribution in [0.3, 0.4) is 0 Å². The van der Waals surface area contributed by atoms with Gasteiger partial charge in [-0.3, -0.25) is 9.59 Å². The van der Waals surface area contributed by atoms with Gasteiger partial charge in [-0.05, 0) is 12.8 Å². The van der Waals surface area contributed by atoms with Crippen LogP contribution < -0.4 is 0 Å². The fraction of sp³-hybridized carbons (Fsp3) is 0.800. The van der Waals surface area contributed by atoms with E-state index in [-0.39, 0.29) is 11.8 Å². The van der Waals surface area contributed by atoms with Crippen molar-refractivity contribution in [3.63, 3.8) is 0 Å². The van der Waals surface area contributed by atoms with Crippen molar-refractivity contribution in [1.82, 2.24) is 0 Å². The molecule has 0 radical (unpaired) electrons. The maximum atomic E-state index is 10.4. The van der Waals surface area contributed by atoms with Gasteiger partial charge in [0.1, 0.15) is 0 Å². The molecule has 0 unspecified atom stereocenters. The first-order valence-electron chi connectivity index (χ1n) is 4.90. The van der Waals surface area contributed by atoms with Gasteiger partial charge in [-0.1, -0.05) is 26.7 Å². The lowest BCUT2D eigenvalue weighted by Gasteiger charge is -2.07. The van der Waals surface area contributed by atoms with E-state index in [1.807, 2.05) is 0 Å². The molecule has 4 nitrogen and oxygen atoms in total. The second-order valence-corrected chi connectivity index (χ2v) is 3.76. The van der Waals surface area contributed by atoms with Crippen LogP contribution in [0.1, 0.15) is 39.5 Å². The van der Waals surface area contributed by atoms with E-state index in [9.17, 15) is 9.59 Å². The Labute approximate surface area is 83.9 Å². The van der Waals surface area contributed by atoms with Crippen LogP contribution in [0.5, 0.6) is 0 Å². The molecular weight excluding hydrogens is 184 g/mol. The molecule has 0 aromatic heterocycles. The smallest absolute Gasteiger partial charge is 0.306 e. The Morgan fingerprint density at radius 2 is 1.21 bits per heavy atom. The molecule has 0 aliphatic heterocycles.